The molecule has 0 unspecified atom stereocenters. The Morgan fingerprint density at radius 1 is 1.02 bits per heavy atom. The summed E-state index contributed by atoms with van der Waals surface area (Å²) in [6.07, 6.45) is 10.4. The number of aliphatic hydroxyl groups is 1. The maximum atomic E-state index is 14.0. The maximum Gasteiger partial charge on any atom is 0.263 e. The minimum absolute atomic E-state index is 0.0236. The summed E-state index contributed by atoms with van der Waals surface area (Å²) in [7, 11) is 0. The van der Waals surface area contributed by atoms with Crippen LogP contribution in [0.3, 0.4) is 0 Å². The van der Waals surface area contributed by atoms with Gasteiger partial charge in [0.2, 0.25) is 0 Å². The number of carbonyl (C=O) groups excluding carboxylic acids is 2. The van der Waals surface area contributed by atoms with Crippen molar-refractivity contribution < 1.29 is 19.4 Å². The summed E-state index contributed by atoms with van der Waals surface area (Å²) < 4.78 is 8.05. The van der Waals surface area contributed by atoms with Crippen LogP contribution in [0.25, 0.3) is 0 Å². The molecule has 9 heteroatoms. The lowest BCUT2D eigenvalue weighted by Crippen LogP contribution is -2.52. The maximum absolute atomic E-state index is 14.0. The fourth-order valence-corrected chi connectivity index (χ4v) is 7.89. The van der Waals surface area contributed by atoms with Gasteiger partial charge in [0, 0.05) is 50.4 Å². The van der Waals surface area contributed by atoms with E-state index >= 15 is 0 Å². The van der Waals surface area contributed by atoms with Crippen LogP contribution in [-0.2, 0) is 25.8 Å². The van der Waals surface area contributed by atoms with Crippen LogP contribution < -0.4 is 20.9 Å². The first-order chi connectivity index (χ1) is 23.3. The van der Waals surface area contributed by atoms with Crippen LogP contribution in [0, 0.1) is 0 Å². The van der Waals surface area contributed by atoms with Crippen molar-refractivity contribution in [3.8, 4) is 5.75 Å². The SMILES string of the molecule is CCc1ccc2c(c1)[C@@H](NC[C@@H](O)[C@@H]1Cc3cccc(c3)CCCCn3cc(cc(C(=O)N4CCCC4)c3=O)C(=O)N1)CC1(CCC1)O2. The zero-order valence-electron chi connectivity index (χ0n) is 28.0. The topological polar surface area (TPSA) is 113 Å². The van der Waals surface area contributed by atoms with Gasteiger partial charge in [0.15, 0.2) is 0 Å². The second kappa shape index (κ2) is 13.9. The van der Waals surface area contributed by atoms with Gasteiger partial charge in [-0.1, -0.05) is 43.3 Å². The Kier molecular flexibility index (Phi) is 9.43. The van der Waals surface area contributed by atoms with Crippen molar-refractivity contribution in [3.05, 3.63) is 98.5 Å². The first-order valence-electron chi connectivity index (χ1n) is 18.0. The normalized spacial score (nSPS) is 22.5. The molecule has 3 N–H and O–H groups in total. The minimum atomic E-state index is -0.903. The number of ether oxygens (including phenoxy) is 1. The average molecular weight is 653 g/mol. The van der Waals surface area contributed by atoms with Gasteiger partial charge in [-0.15, -0.1) is 0 Å². The second-order valence-electron chi connectivity index (χ2n) is 14.3. The molecular formula is C39H48N4O5. The summed E-state index contributed by atoms with van der Waals surface area (Å²) in [5.74, 6) is 0.196. The Bertz CT molecular complexity index is 1720. The summed E-state index contributed by atoms with van der Waals surface area (Å²) in [6.45, 7) is 4.08. The molecule has 0 radical (unpaired) electrons. The van der Waals surface area contributed by atoms with Gasteiger partial charge in [-0.25, -0.2) is 0 Å². The Morgan fingerprint density at radius 3 is 2.58 bits per heavy atom. The smallest absolute Gasteiger partial charge is 0.263 e. The number of nitrogens with zero attached hydrogens (tertiary/aromatic N) is 2. The van der Waals surface area contributed by atoms with Crippen molar-refractivity contribution in [3.63, 3.8) is 0 Å². The van der Waals surface area contributed by atoms with Crippen LogP contribution in [0.15, 0.2) is 59.5 Å². The number of likely N-dealkylation sites (tertiary alicyclic amines) is 1. The van der Waals surface area contributed by atoms with Crippen LogP contribution >= 0.6 is 0 Å². The minimum Gasteiger partial charge on any atom is -0.487 e. The number of nitrogens with one attached hydrogen (secondary N) is 2. The van der Waals surface area contributed by atoms with Crippen molar-refractivity contribution in [1.29, 1.82) is 0 Å². The highest BCUT2D eigenvalue weighted by atomic mass is 16.5. The third-order valence-electron chi connectivity index (χ3n) is 10.9. The number of rotatable bonds is 6. The van der Waals surface area contributed by atoms with E-state index in [0.717, 1.165) is 81.1 Å². The van der Waals surface area contributed by atoms with Crippen LogP contribution in [0.4, 0.5) is 0 Å². The van der Waals surface area contributed by atoms with Crippen LogP contribution in [0.5, 0.6) is 5.75 Å². The number of aryl methyl sites for hydroxylation is 3. The largest absolute Gasteiger partial charge is 0.487 e. The van der Waals surface area contributed by atoms with Crippen molar-refractivity contribution in [2.45, 2.75) is 108 Å². The van der Waals surface area contributed by atoms with E-state index in [0.29, 0.717) is 26.1 Å². The number of pyridine rings is 1. The molecule has 4 aliphatic rings. The predicted octanol–water partition coefficient (Wildman–Crippen LogP) is 4.72. The summed E-state index contributed by atoms with van der Waals surface area (Å²) in [6, 6.07) is 15.6. The van der Waals surface area contributed by atoms with Gasteiger partial charge in [0.25, 0.3) is 17.4 Å². The number of carbonyl (C=O) groups is 2. The number of aliphatic hydroxyl groups excluding tert-OH is 1. The summed E-state index contributed by atoms with van der Waals surface area (Å²) in [5, 5.41) is 18.6. The number of hydrogen-bond acceptors (Lipinski definition) is 6. The molecule has 254 valence electrons. The molecule has 1 spiro atoms. The van der Waals surface area contributed by atoms with Gasteiger partial charge in [-0.2, -0.15) is 0 Å². The van der Waals surface area contributed by atoms with Crippen molar-refractivity contribution in [1.82, 2.24) is 20.1 Å². The van der Waals surface area contributed by atoms with Gasteiger partial charge in [-0.05, 0) is 93.0 Å². The summed E-state index contributed by atoms with van der Waals surface area (Å²) >= 11 is 0. The number of hydrogen-bond donors (Lipinski definition) is 3. The van der Waals surface area contributed by atoms with Crippen LogP contribution in [0.1, 0.15) is 107 Å². The Morgan fingerprint density at radius 2 is 1.81 bits per heavy atom. The third kappa shape index (κ3) is 6.80. The molecule has 2 fully saturated rings. The molecule has 1 saturated heterocycles. The zero-order valence-corrected chi connectivity index (χ0v) is 28.0. The molecule has 4 bridgehead atoms. The highest BCUT2D eigenvalue weighted by molar-refractivity contribution is 5.99. The first-order valence-corrected chi connectivity index (χ1v) is 18.0. The third-order valence-corrected chi connectivity index (χ3v) is 10.9. The Hall–Kier alpha value is -3.95. The summed E-state index contributed by atoms with van der Waals surface area (Å²) in [5.41, 5.74) is 4.38. The zero-order chi connectivity index (χ0) is 33.3. The molecule has 9 nitrogen and oxygen atoms in total. The molecule has 1 aromatic heterocycles. The molecule has 48 heavy (non-hydrogen) atoms. The molecular weight excluding hydrogens is 604 g/mol. The Labute approximate surface area is 282 Å². The highest BCUT2D eigenvalue weighted by Gasteiger charge is 2.45. The van der Waals surface area contributed by atoms with Crippen LogP contribution in [0.2, 0.25) is 0 Å². The molecule has 3 atom stereocenters. The van der Waals surface area contributed by atoms with E-state index in [1.165, 1.54) is 21.8 Å². The second-order valence-corrected chi connectivity index (χ2v) is 14.3. The van der Waals surface area contributed by atoms with Crippen LogP contribution in [-0.4, -0.2) is 63.8 Å². The molecule has 3 aromatic rings. The first kappa shape index (κ1) is 32.6. The lowest BCUT2D eigenvalue weighted by molar-refractivity contribution is -0.0382. The Balaban J connectivity index is 1.16. The van der Waals surface area contributed by atoms with Gasteiger partial charge < -0.3 is 29.9 Å². The quantitative estimate of drug-likeness (QED) is 0.355. The van der Waals surface area contributed by atoms with Crippen molar-refractivity contribution in [2.24, 2.45) is 0 Å². The highest BCUT2D eigenvalue weighted by Crippen LogP contribution is 2.49. The van der Waals surface area contributed by atoms with E-state index < -0.39 is 18.1 Å². The van der Waals surface area contributed by atoms with E-state index in [1.807, 2.05) is 12.1 Å². The van der Waals surface area contributed by atoms with E-state index in [-0.39, 0.29) is 40.8 Å². The lowest BCUT2D eigenvalue weighted by Gasteiger charge is -2.48. The molecule has 4 heterocycles. The fourth-order valence-electron chi connectivity index (χ4n) is 7.89. The molecule has 2 amide bonds. The monoisotopic (exact) mass is 652 g/mol. The number of benzene rings is 2. The summed E-state index contributed by atoms with van der Waals surface area (Å²) in [4.78, 5) is 42.6. The molecule has 1 aliphatic carbocycles. The molecule has 7 rings (SSSR count). The number of amides is 2. The number of aromatic nitrogens is 1. The van der Waals surface area contributed by atoms with Gasteiger partial charge in [-0.3, -0.25) is 14.4 Å². The number of fused-ring (bicyclic) bond motifs is 5. The van der Waals surface area contributed by atoms with Crippen molar-refractivity contribution >= 4 is 11.8 Å². The van der Waals surface area contributed by atoms with E-state index in [9.17, 15) is 19.5 Å². The molecule has 1 saturated carbocycles. The van der Waals surface area contributed by atoms with Gasteiger partial charge >= 0.3 is 0 Å². The van der Waals surface area contributed by atoms with E-state index in [1.54, 1.807) is 11.1 Å². The van der Waals surface area contributed by atoms with E-state index in [2.05, 4.69) is 47.9 Å². The predicted molar refractivity (Wildman–Crippen MR) is 185 cm³/mol. The average Bonchev–Trinajstić information content (AvgIpc) is 3.63. The standard InChI is InChI=1S/C39H48N4O5/c1-2-26-12-13-35-30(20-26)33(23-39(48-35)14-8-15-39)40-24-34(44)32-21-28-11-7-10-27(19-28)9-3-4-18-43-25-29(36(45)41-32)22-31(38(43)47)37(46)42-16-5-6-17-42/h7,10-13,19-20,22,25,32-34,40,44H,2-6,8-9,14-18,21,23-24H2,1H3,(H,41,45)/t32-,33-,34+/m0/s1. The van der Waals surface area contributed by atoms with E-state index in [4.69, 9.17) is 4.74 Å². The van der Waals surface area contributed by atoms with Crippen molar-refractivity contribution in [2.75, 3.05) is 19.6 Å². The van der Waals surface area contributed by atoms with Gasteiger partial charge in [0.05, 0.1) is 17.7 Å². The van der Waals surface area contributed by atoms with Gasteiger partial charge in [0.1, 0.15) is 16.9 Å². The lowest BCUT2D eigenvalue weighted by atomic mass is 9.72. The molecule has 3 aliphatic heterocycles. The molecule has 2 aromatic carbocycles. The fraction of sp³-hybridized carbons (Fsp3) is 0.513.